The molecule has 0 amide bonds. The summed E-state index contributed by atoms with van der Waals surface area (Å²) in [7, 11) is 1.79. The summed E-state index contributed by atoms with van der Waals surface area (Å²) < 4.78 is 5.96. The van der Waals surface area contributed by atoms with E-state index in [1.165, 1.54) is 44.2 Å². The van der Waals surface area contributed by atoms with Crippen molar-refractivity contribution in [3.8, 4) is 16.9 Å². The molecule has 2 heteroatoms. The molecule has 0 spiro atoms. The topological polar surface area (TPSA) is 9.23 Å². The molecule has 0 saturated heterocycles. The molecule has 0 radical (unpaired) electrons. The smallest absolute Gasteiger partial charge is 0.111 e. The fourth-order valence-corrected chi connectivity index (χ4v) is 3.62. The van der Waals surface area contributed by atoms with Crippen LogP contribution in [0.3, 0.4) is 0 Å². The van der Waals surface area contributed by atoms with Gasteiger partial charge in [0.05, 0.1) is 7.11 Å². The van der Waals surface area contributed by atoms with Gasteiger partial charge < -0.3 is 4.74 Å². The van der Waals surface area contributed by atoms with Crippen molar-refractivity contribution in [3.05, 3.63) is 58.7 Å². The van der Waals surface area contributed by atoms with Crippen LogP contribution in [0, 0.1) is 20.8 Å². The van der Waals surface area contributed by atoms with E-state index in [0.717, 1.165) is 5.75 Å². The van der Waals surface area contributed by atoms with Gasteiger partial charge in [-0.3, -0.25) is 0 Å². The van der Waals surface area contributed by atoms with Crippen LogP contribution in [0.1, 0.15) is 43.0 Å². The largest absolute Gasteiger partial charge is 0.498 e. The third-order valence-corrected chi connectivity index (χ3v) is 4.77. The van der Waals surface area contributed by atoms with Gasteiger partial charge in [0.25, 0.3) is 0 Å². The van der Waals surface area contributed by atoms with E-state index in [2.05, 4.69) is 77.9 Å². The first kappa shape index (κ1) is 20.1. The third-order valence-electron chi connectivity index (χ3n) is 4.77. The van der Waals surface area contributed by atoms with Gasteiger partial charge in [-0.05, 0) is 41.5 Å². The van der Waals surface area contributed by atoms with E-state index in [0.29, 0.717) is 0 Å². The second-order valence-electron chi connectivity index (χ2n) is 7.94. The van der Waals surface area contributed by atoms with Crippen molar-refractivity contribution in [2.45, 2.75) is 47.0 Å². The molecule has 130 valence electrons. The first-order valence-corrected chi connectivity index (χ1v) is 8.58. The Labute approximate surface area is 170 Å². The summed E-state index contributed by atoms with van der Waals surface area (Å²) >= 11 is 0. The molecule has 3 aromatic carbocycles. The van der Waals surface area contributed by atoms with Gasteiger partial charge in [-0.1, -0.05) is 51.5 Å². The normalized spacial score (nSPS) is 11.5. The molecule has 25 heavy (non-hydrogen) atoms. The first-order valence-electron chi connectivity index (χ1n) is 8.58. The Bertz CT molecular complexity index is 910. The monoisotopic (exact) mass is 409 g/mol. The van der Waals surface area contributed by atoms with Crippen LogP contribution in [-0.2, 0) is 31.6 Å². The van der Waals surface area contributed by atoms with Crippen molar-refractivity contribution in [2.24, 2.45) is 0 Å². The second-order valence-corrected chi connectivity index (χ2v) is 7.94. The van der Waals surface area contributed by atoms with Gasteiger partial charge in [0, 0.05) is 26.2 Å². The molecule has 0 aliphatic rings. The number of hydrogen-bond acceptors (Lipinski definition) is 1. The maximum absolute atomic E-state index is 5.96. The summed E-state index contributed by atoms with van der Waals surface area (Å²) in [5.41, 5.74) is 7.65. The Balaban J connectivity index is 0.00000225. The quantitative estimate of drug-likeness (QED) is 0.441. The minimum Gasteiger partial charge on any atom is -0.498 e. The minimum atomic E-state index is 0. The van der Waals surface area contributed by atoms with Crippen LogP contribution in [0.15, 0.2) is 36.4 Å². The van der Waals surface area contributed by atoms with Crippen LogP contribution in [-0.4, -0.2) is 7.11 Å². The molecule has 3 aromatic rings. The van der Waals surface area contributed by atoms with Gasteiger partial charge >= 0.3 is 0 Å². The van der Waals surface area contributed by atoms with E-state index < -0.39 is 0 Å². The number of rotatable bonds is 2. The zero-order valence-electron chi connectivity index (χ0n) is 16.4. The van der Waals surface area contributed by atoms with Crippen molar-refractivity contribution in [1.82, 2.24) is 0 Å². The Hall–Kier alpha value is -1.27. The van der Waals surface area contributed by atoms with Gasteiger partial charge in [0.2, 0.25) is 0 Å². The number of hydrogen-bond donors (Lipinski definition) is 0. The van der Waals surface area contributed by atoms with Gasteiger partial charge in [-0.15, -0.1) is 28.5 Å². The van der Waals surface area contributed by atoms with E-state index in [1.807, 2.05) is 0 Å². The molecule has 0 aliphatic carbocycles. The Morgan fingerprint density at radius 2 is 1.64 bits per heavy atom. The Morgan fingerprint density at radius 3 is 2.20 bits per heavy atom. The van der Waals surface area contributed by atoms with Crippen LogP contribution < -0.4 is 4.74 Å². The van der Waals surface area contributed by atoms with Crippen LogP contribution in [0.25, 0.3) is 21.9 Å². The number of benzene rings is 2. The molecule has 0 saturated carbocycles. The SMILES string of the molecule is COc1c(C(C)(C)C)cc2[cH-]c(C)cc2c1-c1ccc(C)cc1C.[Zr]. The fourth-order valence-electron chi connectivity index (χ4n) is 3.62. The molecule has 1 nitrogen and oxygen atoms in total. The van der Waals surface area contributed by atoms with Crippen LogP contribution in [0.4, 0.5) is 0 Å². The molecular weight excluding hydrogens is 383 g/mol. The summed E-state index contributed by atoms with van der Waals surface area (Å²) in [4.78, 5) is 0. The average molecular weight is 411 g/mol. The van der Waals surface area contributed by atoms with Crippen LogP contribution in [0.5, 0.6) is 5.75 Å². The predicted molar refractivity (Wildman–Crippen MR) is 104 cm³/mol. The summed E-state index contributed by atoms with van der Waals surface area (Å²) in [5.74, 6) is 1.01. The van der Waals surface area contributed by atoms with Crippen molar-refractivity contribution in [3.63, 3.8) is 0 Å². The van der Waals surface area contributed by atoms with Crippen molar-refractivity contribution in [1.29, 1.82) is 0 Å². The van der Waals surface area contributed by atoms with Gasteiger partial charge in [0.1, 0.15) is 5.75 Å². The molecule has 0 atom stereocenters. The molecule has 0 aliphatic heterocycles. The molecule has 0 unspecified atom stereocenters. The zero-order valence-corrected chi connectivity index (χ0v) is 18.8. The predicted octanol–water partition coefficient (Wildman–Crippen LogP) is 6.45. The second kappa shape index (κ2) is 7.16. The van der Waals surface area contributed by atoms with E-state index in [9.17, 15) is 0 Å². The molecule has 0 heterocycles. The van der Waals surface area contributed by atoms with Crippen molar-refractivity contribution in [2.75, 3.05) is 7.11 Å². The number of ether oxygens (including phenoxy) is 1. The van der Waals surface area contributed by atoms with Crippen molar-refractivity contribution < 1.29 is 30.9 Å². The molecule has 0 N–H and O–H groups in total. The third kappa shape index (κ3) is 3.65. The zero-order chi connectivity index (χ0) is 17.6. The summed E-state index contributed by atoms with van der Waals surface area (Å²) in [5, 5.41) is 2.58. The van der Waals surface area contributed by atoms with E-state index >= 15 is 0 Å². The molecule has 0 bridgehead atoms. The molecule has 0 fully saturated rings. The Morgan fingerprint density at radius 1 is 0.960 bits per heavy atom. The van der Waals surface area contributed by atoms with Gasteiger partial charge in [-0.25, -0.2) is 0 Å². The average Bonchev–Trinajstić information content (AvgIpc) is 2.85. The molecular formula is C23H27OZr-. The Kier molecular flexibility index (Phi) is 5.74. The van der Waals surface area contributed by atoms with E-state index in [4.69, 9.17) is 4.74 Å². The summed E-state index contributed by atoms with van der Waals surface area (Å²) in [6.45, 7) is 13.2. The van der Waals surface area contributed by atoms with Gasteiger partial charge in [0.15, 0.2) is 0 Å². The van der Waals surface area contributed by atoms with E-state index in [1.54, 1.807) is 7.11 Å². The standard InChI is InChI=1S/C23H27O.Zr/c1-14-8-9-18(16(3)10-14)21-19-12-15(2)11-17(19)13-20(22(21)24-7)23(4,5)6;/h8-13H,1-7H3;/q-1;. The molecule has 0 aromatic heterocycles. The number of methoxy groups -OCH3 is 1. The first-order chi connectivity index (χ1) is 11.2. The van der Waals surface area contributed by atoms with Gasteiger partial charge in [-0.2, -0.15) is 6.07 Å². The van der Waals surface area contributed by atoms with Crippen molar-refractivity contribution >= 4 is 10.8 Å². The molecule has 3 rings (SSSR count). The van der Waals surface area contributed by atoms with Crippen LogP contribution in [0.2, 0.25) is 0 Å². The summed E-state index contributed by atoms with van der Waals surface area (Å²) in [6.07, 6.45) is 0. The van der Waals surface area contributed by atoms with Crippen LogP contribution >= 0.6 is 0 Å². The minimum absolute atomic E-state index is 0. The number of aryl methyl sites for hydroxylation is 3. The number of fused-ring (bicyclic) bond motifs is 1. The summed E-state index contributed by atoms with van der Waals surface area (Å²) in [6, 6.07) is 13.5. The maximum Gasteiger partial charge on any atom is 0.111 e. The fraction of sp³-hybridized carbons (Fsp3) is 0.348. The maximum atomic E-state index is 5.96. The van der Waals surface area contributed by atoms with E-state index in [-0.39, 0.29) is 31.6 Å².